The van der Waals surface area contributed by atoms with Gasteiger partial charge in [-0.3, -0.25) is 9.97 Å². The summed E-state index contributed by atoms with van der Waals surface area (Å²) in [6.45, 7) is 0. The zero-order valence-corrected chi connectivity index (χ0v) is 10.9. The van der Waals surface area contributed by atoms with E-state index >= 15 is 0 Å². The second-order valence-corrected chi connectivity index (χ2v) is 4.28. The van der Waals surface area contributed by atoms with Gasteiger partial charge in [0.05, 0.1) is 30.0 Å². The van der Waals surface area contributed by atoms with Gasteiger partial charge in [-0.25, -0.2) is 4.98 Å². The Kier molecular flexibility index (Phi) is 3.26. The SMILES string of the molecule is COc1cccnc1C(O)c1cnc2ccccc2n1. The molecule has 5 nitrogen and oxygen atoms in total. The molecule has 0 aliphatic rings. The van der Waals surface area contributed by atoms with Gasteiger partial charge in [-0.15, -0.1) is 0 Å². The highest BCUT2D eigenvalue weighted by atomic mass is 16.5. The maximum Gasteiger partial charge on any atom is 0.143 e. The van der Waals surface area contributed by atoms with Crippen molar-refractivity contribution in [2.45, 2.75) is 6.10 Å². The molecule has 2 heterocycles. The molecule has 1 unspecified atom stereocenters. The van der Waals surface area contributed by atoms with Crippen molar-refractivity contribution >= 4 is 11.0 Å². The van der Waals surface area contributed by atoms with Gasteiger partial charge in [-0.2, -0.15) is 0 Å². The van der Waals surface area contributed by atoms with Crippen molar-refractivity contribution in [3.63, 3.8) is 0 Å². The Labute approximate surface area is 115 Å². The number of aliphatic hydroxyl groups is 1. The second kappa shape index (κ2) is 5.22. The minimum atomic E-state index is -0.969. The average Bonchev–Trinajstić information content (AvgIpc) is 2.53. The molecular formula is C15H13N3O2. The lowest BCUT2D eigenvalue weighted by Gasteiger charge is -2.13. The molecule has 3 aromatic rings. The van der Waals surface area contributed by atoms with Crippen LogP contribution in [0.25, 0.3) is 11.0 Å². The van der Waals surface area contributed by atoms with Crippen molar-refractivity contribution in [1.82, 2.24) is 15.0 Å². The maximum absolute atomic E-state index is 10.4. The number of benzene rings is 1. The van der Waals surface area contributed by atoms with Crippen LogP contribution in [-0.4, -0.2) is 27.2 Å². The lowest BCUT2D eigenvalue weighted by atomic mass is 10.1. The molecule has 5 heteroatoms. The lowest BCUT2D eigenvalue weighted by molar-refractivity contribution is 0.204. The number of pyridine rings is 1. The summed E-state index contributed by atoms with van der Waals surface area (Å²) in [6, 6.07) is 11.0. The smallest absolute Gasteiger partial charge is 0.143 e. The fourth-order valence-electron chi connectivity index (χ4n) is 2.02. The quantitative estimate of drug-likeness (QED) is 0.787. The largest absolute Gasteiger partial charge is 0.495 e. The molecule has 100 valence electrons. The van der Waals surface area contributed by atoms with Gasteiger partial charge in [0.25, 0.3) is 0 Å². The summed E-state index contributed by atoms with van der Waals surface area (Å²) in [5.74, 6) is 0.523. The number of hydrogen-bond acceptors (Lipinski definition) is 5. The third-order valence-electron chi connectivity index (χ3n) is 3.03. The van der Waals surface area contributed by atoms with E-state index in [0.717, 1.165) is 11.0 Å². The van der Waals surface area contributed by atoms with Crippen LogP contribution in [-0.2, 0) is 0 Å². The molecule has 20 heavy (non-hydrogen) atoms. The Morgan fingerprint density at radius 1 is 1.05 bits per heavy atom. The highest BCUT2D eigenvalue weighted by Crippen LogP contribution is 2.26. The van der Waals surface area contributed by atoms with Crippen LogP contribution < -0.4 is 4.74 Å². The minimum Gasteiger partial charge on any atom is -0.495 e. The zero-order valence-electron chi connectivity index (χ0n) is 10.9. The number of rotatable bonds is 3. The van der Waals surface area contributed by atoms with Gasteiger partial charge >= 0.3 is 0 Å². The van der Waals surface area contributed by atoms with Crippen molar-refractivity contribution in [3.05, 3.63) is 60.2 Å². The van der Waals surface area contributed by atoms with Crippen LogP contribution in [0.15, 0.2) is 48.8 Å². The van der Waals surface area contributed by atoms with Gasteiger partial charge in [-0.05, 0) is 24.3 Å². The molecule has 0 aliphatic carbocycles. The van der Waals surface area contributed by atoms with Gasteiger partial charge in [0.15, 0.2) is 0 Å². The number of fused-ring (bicyclic) bond motifs is 1. The molecule has 0 bridgehead atoms. The molecule has 1 atom stereocenters. The lowest BCUT2D eigenvalue weighted by Crippen LogP contribution is -2.07. The van der Waals surface area contributed by atoms with Gasteiger partial charge in [-0.1, -0.05) is 12.1 Å². The molecular weight excluding hydrogens is 254 g/mol. The number of methoxy groups -OCH3 is 1. The summed E-state index contributed by atoms with van der Waals surface area (Å²) >= 11 is 0. The Hall–Kier alpha value is -2.53. The second-order valence-electron chi connectivity index (χ2n) is 4.28. The number of aliphatic hydroxyl groups excluding tert-OH is 1. The van der Waals surface area contributed by atoms with E-state index < -0.39 is 6.10 Å². The summed E-state index contributed by atoms with van der Waals surface area (Å²) in [6.07, 6.45) is 2.19. The number of hydrogen-bond donors (Lipinski definition) is 1. The van der Waals surface area contributed by atoms with Crippen LogP contribution in [0.5, 0.6) is 5.75 Å². The number of nitrogens with zero attached hydrogens (tertiary/aromatic N) is 3. The molecule has 0 saturated carbocycles. The fraction of sp³-hybridized carbons (Fsp3) is 0.133. The van der Waals surface area contributed by atoms with Crippen LogP contribution in [0.1, 0.15) is 17.5 Å². The molecule has 0 saturated heterocycles. The monoisotopic (exact) mass is 267 g/mol. The van der Waals surface area contributed by atoms with Crippen molar-refractivity contribution < 1.29 is 9.84 Å². The van der Waals surface area contributed by atoms with E-state index in [-0.39, 0.29) is 0 Å². The number of para-hydroxylation sites is 2. The topological polar surface area (TPSA) is 68.1 Å². The molecule has 0 spiro atoms. The molecule has 2 aromatic heterocycles. The first-order valence-corrected chi connectivity index (χ1v) is 6.18. The molecule has 0 fully saturated rings. The zero-order chi connectivity index (χ0) is 13.9. The fourth-order valence-corrected chi connectivity index (χ4v) is 2.02. The van der Waals surface area contributed by atoms with Gasteiger partial charge in [0.2, 0.25) is 0 Å². The molecule has 0 amide bonds. The highest BCUT2D eigenvalue weighted by molar-refractivity contribution is 5.73. The van der Waals surface area contributed by atoms with Gasteiger partial charge < -0.3 is 9.84 Å². The molecule has 0 aliphatic heterocycles. The Morgan fingerprint density at radius 3 is 2.65 bits per heavy atom. The highest BCUT2D eigenvalue weighted by Gasteiger charge is 2.18. The Balaban J connectivity index is 2.05. The first kappa shape index (κ1) is 12.5. The number of ether oxygens (including phenoxy) is 1. The number of aromatic nitrogens is 3. The molecule has 0 radical (unpaired) electrons. The van der Waals surface area contributed by atoms with E-state index in [2.05, 4.69) is 15.0 Å². The van der Waals surface area contributed by atoms with Gasteiger partial charge in [0, 0.05) is 6.20 Å². The minimum absolute atomic E-state index is 0.430. The van der Waals surface area contributed by atoms with E-state index in [1.165, 1.54) is 0 Å². The van der Waals surface area contributed by atoms with Crippen LogP contribution in [0.4, 0.5) is 0 Å². The van der Waals surface area contributed by atoms with Gasteiger partial charge in [0.1, 0.15) is 17.5 Å². The normalized spacial score (nSPS) is 12.3. The van der Waals surface area contributed by atoms with E-state index in [1.807, 2.05) is 24.3 Å². The molecule has 1 aromatic carbocycles. The third-order valence-corrected chi connectivity index (χ3v) is 3.03. The van der Waals surface area contributed by atoms with E-state index in [0.29, 0.717) is 17.1 Å². The first-order valence-electron chi connectivity index (χ1n) is 6.18. The van der Waals surface area contributed by atoms with Crippen molar-refractivity contribution in [1.29, 1.82) is 0 Å². The summed E-state index contributed by atoms with van der Waals surface area (Å²) in [5.41, 5.74) is 2.40. The van der Waals surface area contributed by atoms with Crippen LogP contribution in [0.2, 0.25) is 0 Å². The summed E-state index contributed by atoms with van der Waals surface area (Å²) in [7, 11) is 1.54. The molecule has 3 rings (SSSR count). The maximum atomic E-state index is 10.4. The Morgan fingerprint density at radius 2 is 1.85 bits per heavy atom. The summed E-state index contributed by atoms with van der Waals surface area (Å²) in [4.78, 5) is 12.9. The van der Waals surface area contributed by atoms with Crippen LogP contribution in [0, 0.1) is 0 Å². The van der Waals surface area contributed by atoms with Crippen molar-refractivity contribution in [2.24, 2.45) is 0 Å². The van der Waals surface area contributed by atoms with Crippen molar-refractivity contribution in [3.8, 4) is 5.75 Å². The standard InChI is InChI=1S/C15H13N3O2/c1-20-13-7-4-8-16-14(13)15(19)12-9-17-10-5-2-3-6-11(10)18-12/h2-9,15,19H,1H3. The summed E-state index contributed by atoms with van der Waals surface area (Å²) in [5, 5.41) is 10.4. The molecule has 1 N–H and O–H groups in total. The Bertz CT molecular complexity index is 746. The van der Waals surface area contributed by atoms with E-state index in [4.69, 9.17) is 4.74 Å². The van der Waals surface area contributed by atoms with Crippen molar-refractivity contribution in [2.75, 3.05) is 7.11 Å². The third kappa shape index (κ3) is 2.19. The predicted octanol–water partition coefficient (Wildman–Crippen LogP) is 2.12. The average molecular weight is 267 g/mol. The summed E-state index contributed by atoms with van der Waals surface area (Å²) < 4.78 is 5.20. The first-order chi connectivity index (χ1) is 9.79. The van der Waals surface area contributed by atoms with E-state index in [1.54, 1.807) is 31.6 Å². The van der Waals surface area contributed by atoms with E-state index in [9.17, 15) is 5.11 Å². The predicted molar refractivity (Wildman–Crippen MR) is 74.4 cm³/mol. The van der Waals surface area contributed by atoms with Crippen LogP contribution in [0.3, 0.4) is 0 Å². The van der Waals surface area contributed by atoms with Crippen LogP contribution >= 0.6 is 0 Å².